The number of nitrogens with zero attached hydrogens (tertiary/aromatic N) is 4. The molecule has 49 heavy (non-hydrogen) atoms. The van der Waals surface area contributed by atoms with Crippen LogP contribution in [0.1, 0.15) is 55.2 Å². The molecule has 0 saturated carbocycles. The fourth-order valence-electron chi connectivity index (χ4n) is 5.55. The van der Waals surface area contributed by atoms with Crippen LogP contribution in [0.2, 0.25) is 0 Å². The predicted molar refractivity (Wildman–Crippen MR) is 189 cm³/mol. The second kappa shape index (κ2) is 16.5. The van der Waals surface area contributed by atoms with E-state index in [1.54, 1.807) is 18.5 Å². The van der Waals surface area contributed by atoms with Crippen LogP contribution in [0.4, 0.5) is 20.1 Å². The molecule has 3 aromatic heterocycles. The van der Waals surface area contributed by atoms with Crippen LogP contribution in [0.5, 0.6) is 0 Å². The summed E-state index contributed by atoms with van der Waals surface area (Å²) in [7, 11) is 0. The Bertz CT molecular complexity index is 1690. The van der Waals surface area contributed by atoms with Gasteiger partial charge in [0.2, 0.25) is 0 Å². The summed E-state index contributed by atoms with van der Waals surface area (Å²) in [5, 5.41) is 18.8. The fourth-order valence-corrected chi connectivity index (χ4v) is 7.42. The largest absolute Gasteiger partial charge is 0.444 e. The summed E-state index contributed by atoms with van der Waals surface area (Å²) in [4.78, 5) is 40.6. The third kappa shape index (κ3) is 10.2. The van der Waals surface area contributed by atoms with Gasteiger partial charge < -0.3 is 30.7 Å². The number of carbonyl (C=O) groups is 2. The number of benzene rings is 1. The Hall–Kier alpha value is -4.11. The lowest BCUT2D eigenvalue weighted by Crippen LogP contribution is -2.49. The Labute approximate surface area is 294 Å². The number of aliphatic hydroxyl groups is 1. The number of aromatic nitrogens is 3. The first-order valence-electron chi connectivity index (χ1n) is 16.2. The van der Waals surface area contributed by atoms with Crippen molar-refractivity contribution in [3.05, 3.63) is 89.8 Å². The maximum absolute atomic E-state index is 15.7. The van der Waals surface area contributed by atoms with E-state index in [0.717, 1.165) is 41.3 Å². The maximum atomic E-state index is 15.7. The topological polar surface area (TPSA) is 142 Å². The number of nitrogens with one attached hydrogen (secondary N) is 3. The van der Waals surface area contributed by atoms with E-state index in [4.69, 9.17) is 4.74 Å². The van der Waals surface area contributed by atoms with E-state index < -0.39 is 23.4 Å². The zero-order valence-electron chi connectivity index (χ0n) is 27.9. The molecule has 4 N–H and O–H groups in total. The van der Waals surface area contributed by atoms with Crippen LogP contribution in [-0.2, 0) is 16.6 Å². The van der Waals surface area contributed by atoms with Crippen LogP contribution in [0.15, 0.2) is 76.2 Å². The number of piperidine rings is 1. The Morgan fingerprint density at radius 3 is 2.51 bits per heavy atom. The molecule has 0 atom stereocenters. The van der Waals surface area contributed by atoms with Crippen molar-refractivity contribution >= 4 is 46.0 Å². The van der Waals surface area contributed by atoms with Gasteiger partial charge in [-0.2, -0.15) is 0 Å². The van der Waals surface area contributed by atoms with Crippen molar-refractivity contribution in [1.82, 2.24) is 30.5 Å². The standard InChI is InChI=1S/C35H42FN7O4S2/c1-34(2,3)47-33(46)38-15-11-24-9-10-27(39-21-24)42-32-40-22-28(49-32)48-26-12-16-37-30(29(26)36)31(45)41-23-35(25-7-5-4-6-8-25)13-17-43(18-14-35)19-20-44/h4-10,12,16,21-22,44H,11,13-15,17-20,23H2,1-3H3,(H,38,46)(H,41,45)(H,39,40,42). The monoisotopic (exact) mass is 707 g/mol. The number of rotatable bonds is 13. The second-order valence-corrected chi connectivity index (χ2v) is 15.2. The van der Waals surface area contributed by atoms with Gasteiger partial charge in [-0.05, 0) is 76.4 Å². The molecule has 260 valence electrons. The van der Waals surface area contributed by atoms with E-state index in [1.807, 2.05) is 51.1 Å². The van der Waals surface area contributed by atoms with E-state index in [-0.39, 0.29) is 22.6 Å². The molecular weight excluding hydrogens is 666 g/mol. The SMILES string of the molecule is CC(C)(C)OC(=O)NCCc1ccc(Nc2ncc(Sc3ccnc(C(=O)NCC4(c5ccccc5)CCN(CCO)CC4)c3F)s2)nc1. The number of amides is 2. The van der Waals surface area contributed by atoms with E-state index in [0.29, 0.717) is 37.0 Å². The lowest BCUT2D eigenvalue weighted by atomic mass is 9.72. The van der Waals surface area contributed by atoms with Crippen LogP contribution in [0, 0.1) is 5.82 Å². The van der Waals surface area contributed by atoms with E-state index in [1.165, 1.54) is 29.3 Å². The number of β-amino-alcohol motifs (C(OH)–C–C–N with tert-alkyl or cyclic N) is 1. The number of pyridine rings is 2. The number of hydrogen-bond acceptors (Lipinski definition) is 11. The number of ether oxygens (including phenoxy) is 1. The van der Waals surface area contributed by atoms with Gasteiger partial charge in [-0.1, -0.05) is 59.5 Å². The van der Waals surface area contributed by atoms with Crippen molar-refractivity contribution in [3.8, 4) is 0 Å². The highest BCUT2D eigenvalue weighted by atomic mass is 32.2. The molecule has 0 aliphatic carbocycles. The van der Waals surface area contributed by atoms with Crippen molar-refractivity contribution in [1.29, 1.82) is 0 Å². The molecule has 0 radical (unpaired) electrons. The van der Waals surface area contributed by atoms with Crippen LogP contribution >= 0.6 is 23.1 Å². The van der Waals surface area contributed by atoms with Gasteiger partial charge in [0.1, 0.15) is 11.4 Å². The van der Waals surface area contributed by atoms with E-state index in [2.05, 4.69) is 47.9 Å². The Morgan fingerprint density at radius 2 is 1.82 bits per heavy atom. The van der Waals surface area contributed by atoms with Crippen LogP contribution in [0.3, 0.4) is 0 Å². The van der Waals surface area contributed by atoms with Crippen molar-refractivity contribution in [2.45, 2.75) is 60.2 Å². The second-order valence-electron chi connectivity index (χ2n) is 12.8. The predicted octanol–water partition coefficient (Wildman–Crippen LogP) is 5.79. The molecular formula is C35H42FN7O4S2. The smallest absolute Gasteiger partial charge is 0.407 e. The summed E-state index contributed by atoms with van der Waals surface area (Å²) in [6, 6.07) is 15.4. The molecule has 4 aromatic rings. The maximum Gasteiger partial charge on any atom is 0.407 e. The first-order valence-corrected chi connectivity index (χ1v) is 17.8. The first kappa shape index (κ1) is 36.2. The lowest BCUT2D eigenvalue weighted by Gasteiger charge is -2.42. The quantitative estimate of drug-likeness (QED) is 0.135. The zero-order valence-corrected chi connectivity index (χ0v) is 29.5. The molecule has 0 spiro atoms. The molecule has 1 aliphatic heterocycles. The summed E-state index contributed by atoms with van der Waals surface area (Å²) < 4.78 is 21.7. The molecule has 1 saturated heterocycles. The van der Waals surface area contributed by atoms with Gasteiger partial charge in [0.15, 0.2) is 16.6 Å². The van der Waals surface area contributed by atoms with Crippen molar-refractivity contribution in [2.75, 3.05) is 44.6 Å². The fraction of sp³-hybridized carbons (Fsp3) is 0.400. The number of aliphatic hydroxyl groups excluding tert-OH is 1. The highest BCUT2D eigenvalue weighted by Crippen LogP contribution is 2.37. The molecule has 11 nitrogen and oxygen atoms in total. The minimum atomic E-state index is -0.683. The lowest BCUT2D eigenvalue weighted by molar-refractivity contribution is 0.0528. The summed E-state index contributed by atoms with van der Waals surface area (Å²) >= 11 is 2.50. The molecule has 1 fully saturated rings. The number of alkyl carbamates (subject to hydrolysis) is 1. The van der Waals surface area contributed by atoms with Gasteiger partial charge in [-0.15, -0.1) is 0 Å². The minimum Gasteiger partial charge on any atom is -0.444 e. The third-order valence-electron chi connectivity index (χ3n) is 8.11. The number of halogens is 1. The van der Waals surface area contributed by atoms with E-state index >= 15 is 4.39 Å². The first-order chi connectivity index (χ1) is 23.5. The van der Waals surface area contributed by atoms with Gasteiger partial charge in [0.05, 0.1) is 21.9 Å². The Balaban J connectivity index is 1.16. The highest BCUT2D eigenvalue weighted by Gasteiger charge is 2.37. The molecule has 0 unspecified atom stereocenters. The average molecular weight is 708 g/mol. The molecule has 1 aromatic carbocycles. The number of likely N-dealkylation sites (tertiary alicyclic amines) is 1. The van der Waals surface area contributed by atoms with E-state index in [9.17, 15) is 14.7 Å². The third-order valence-corrected chi connectivity index (χ3v) is 10.2. The summed E-state index contributed by atoms with van der Waals surface area (Å²) in [5.74, 6) is -0.649. The number of thiazole rings is 1. The van der Waals surface area contributed by atoms with Gasteiger partial charge in [-0.25, -0.2) is 24.1 Å². The minimum absolute atomic E-state index is 0.109. The average Bonchev–Trinajstić information content (AvgIpc) is 3.52. The van der Waals surface area contributed by atoms with Crippen molar-refractivity contribution in [3.63, 3.8) is 0 Å². The number of hydrogen-bond donors (Lipinski definition) is 4. The Kier molecular flexibility index (Phi) is 12.2. The summed E-state index contributed by atoms with van der Waals surface area (Å²) in [5.41, 5.74) is 0.978. The van der Waals surface area contributed by atoms with Gasteiger partial charge >= 0.3 is 6.09 Å². The summed E-state index contributed by atoms with van der Waals surface area (Å²) in [6.45, 7) is 8.54. The van der Waals surface area contributed by atoms with Crippen LogP contribution < -0.4 is 16.0 Å². The van der Waals surface area contributed by atoms with Gasteiger partial charge in [0, 0.05) is 37.4 Å². The molecule has 2 amide bonds. The number of anilines is 2. The van der Waals surface area contributed by atoms with Crippen molar-refractivity contribution in [2.24, 2.45) is 0 Å². The van der Waals surface area contributed by atoms with Gasteiger partial charge in [0.25, 0.3) is 5.91 Å². The van der Waals surface area contributed by atoms with Crippen molar-refractivity contribution < 1.29 is 23.8 Å². The zero-order chi connectivity index (χ0) is 34.9. The number of carbonyl (C=O) groups excluding carboxylic acids is 2. The molecule has 5 rings (SSSR count). The molecule has 1 aliphatic rings. The molecule has 14 heteroatoms. The van der Waals surface area contributed by atoms with Crippen LogP contribution in [0.25, 0.3) is 0 Å². The molecule has 4 heterocycles. The Morgan fingerprint density at radius 1 is 1.04 bits per heavy atom. The van der Waals surface area contributed by atoms with Crippen LogP contribution in [-0.4, -0.2) is 81.9 Å². The molecule has 0 bridgehead atoms. The van der Waals surface area contributed by atoms with Gasteiger partial charge in [-0.3, -0.25) is 4.79 Å². The highest BCUT2D eigenvalue weighted by molar-refractivity contribution is 8.01. The summed E-state index contributed by atoms with van der Waals surface area (Å²) in [6.07, 6.45) is 6.55. The normalized spacial score (nSPS) is 14.6.